The summed E-state index contributed by atoms with van der Waals surface area (Å²) in [5.74, 6) is 0.652. The van der Waals surface area contributed by atoms with Crippen LogP contribution in [-0.2, 0) is 21.5 Å². The average molecular weight is 412 g/mol. The zero-order valence-corrected chi connectivity index (χ0v) is 19.3. The van der Waals surface area contributed by atoms with Crippen molar-refractivity contribution in [3.05, 3.63) is 29.8 Å². The first-order chi connectivity index (χ1) is 12.9. The number of amides is 1. The van der Waals surface area contributed by atoms with Gasteiger partial charge in [-0.3, -0.25) is 4.79 Å². The van der Waals surface area contributed by atoms with E-state index in [0.29, 0.717) is 18.9 Å². The maximum absolute atomic E-state index is 13.0. The van der Waals surface area contributed by atoms with Crippen LogP contribution in [-0.4, -0.2) is 31.0 Å². The predicted molar refractivity (Wildman–Crippen MR) is 115 cm³/mol. The van der Waals surface area contributed by atoms with Gasteiger partial charge >= 0.3 is 10.1 Å². The fraction of sp³-hybridized carbons (Fsp3) is 0.682. The molecule has 28 heavy (non-hydrogen) atoms. The van der Waals surface area contributed by atoms with Crippen LogP contribution in [0.25, 0.3) is 0 Å². The molecular formula is C22H37NO4S. The van der Waals surface area contributed by atoms with Gasteiger partial charge in [0.05, 0.1) is 5.75 Å². The molecule has 1 rings (SSSR count). The first-order valence-electron chi connectivity index (χ1n) is 10.2. The highest BCUT2D eigenvalue weighted by molar-refractivity contribution is 7.87. The van der Waals surface area contributed by atoms with Gasteiger partial charge in [0, 0.05) is 19.0 Å². The molecule has 1 aromatic carbocycles. The van der Waals surface area contributed by atoms with E-state index < -0.39 is 10.1 Å². The van der Waals surface area contributed by atoms with E-state index in [2.05, 4.69) is 34.6 Å². The maximum atomic E-state index is 13.0. The van der Waals surface area contributed by atoms with Crippen molar-refractivity contribution in [2.45, 2.75) is 80.3 Å². The number of nitrogens with zero attached hydrogens (tertiary/aromatic N) is 1. The Hall–Kier alpha value is -1.56. The minimum atomic E-state index is -3.57. The second kappa shape index (κ2) is 10.3. The van der Waals surface area contributed by atoms with E-state index in [9.17, 15) is 13.2 Å². The number of carbonyl (C=O) groups excluding carboxylic acids is 1. The summed E-state index contributed by atoms with van der Waals surface area (Å²) in [7, 11) is -3.57. The van der Waals surface area contributed by atoms with Crippen LogP contribution in [0, 0.1) is 11.3 Å². The number of hydrogen-bond donors (Lipinski definition) is 0. The summed E-state index contributed by atoms with van der Waals surface area (Å²) in [5.41, 5.74) is 1.05. The molecule has 0 saturated carbocycles. The molecular weight excluding hydrogens is 374 g/mol. The monoisotopic (exact) mass is 411 g/mol. The highest BCUT2D eigenvalue weighted by Crippen LogP contribution is 2.27. The van der Waals surface area contributed by atoms with Gasteiger partial charge in [-0.05, 0) is 55.7 Å². The van der Waals surface area contributed by atoms with Crippen molar-refractivity contribution in [3.63, 3.8) is 0 Å². The molecule has 0 radical (unpaired) electrons. The van der Waals surface area contributed by atoms with Crippen molar-refractivity contribution in [2.75, 3.05) is 5.75 Å². The van der Waals surface area contributed by atoms with Crippen LogP contribution in [0.2, 0.25) is 0 Å². The summed E-state index contributed by atoms with van der Waals surface area (Å²) in [5, 5.41) is 0. The number of hydrogen-bond acceptors (Lipinski definition) is 4. The summed E-state index contributed by atoms with van der Waals surface area (Å²) in [6.07, 6.45) is 2.37. The first kappa shape index (κ1) is 24.5. The second-order valence-electron chi connectivity index (χ2n) is 8.93. The minimum Gasteiger partial charge on any atom is -0.382 e. The molecule has 0 aliphatic heterocycles. The minimum absolute atomic E-state index is 0.0830. The van der Waals surface area contributed by atoms with E-state index in [1.165, 1.54) is 0 Å². The summed E-state index contributed by atoms with van der Waals surface area (Å²) < 4.78 is 28.5. The lowest BCUT2D eigenvalue weighted by atomic mass is 9.84. The lowest BCUT2D eigenvalue weighted by molar-refractivity contribution is -0.135. The Morgan fingerprint density at radius 3 is 2.36 bits per heavy atom. The van der Waals surface area contributed by atoms with E-state index in [1.807, 2.05) is 17.9 Å². The Morgan fingerprint density at radius 1 is 1.18 bits per heavy atom. The van der Waals surface area contributed by atoms with E-state index in [1.54, 1.807) is 25.1 Å². The normalized spacial score (nSPS) is 14.4. The van der Waals surface area contributed by atoms with Crippen LogP contribution in [0.5, 0.6) is 5.75 Å². The largest absolute Gasteiger partial charge is 0.382 e. The Balaban J connectivity index is 2.93. The first-order valence-corrected chi connectivity index (χ1v) is 11.7. The molecule has 6 heteroatoms. The third-order valence-electron chi connectivity index (χ3n) is 4.76. The predicted octanol–water partition coefficient (Wildman–Crippen LogP) is 5.00. The van der Waals surface area contributed by atoms with Crippen molar-refractivity contribution in [1.29, 1.82) is 0 Å². The molecule has 0 spiro atoms. The fourth-order valence-corrected chi connectivity index (χ4v) is 3.86. The van der Waals surface area contributed by atoms with Crippen LogP contribution in [0.3, 0.4) is 0 Å². The van der Waals surface area contributed by atoms with Crippen molar-refractivity contribution in [1.82, 2.24) is 4.90 Å². The standard InChI is InChI=1S/C22H37NO4S/c1-8-18(4)23(21(24)13-17(3)15-22(5,6)7)16-19-11-10-12-20(14-19)27-28(25,26)9-2/h10-12,14,17-18H,8-9,13,15-16H2,1-7H3. The summed E-state index contributed by atoms with van der Waals surface area (Å²) in [6, 6.07) is 7.09. The third-order valence-corrected chi connectivity index (χ3v) is 5.91. The molecule has 160 valence electrons. The molecule has 0 aromatic heterocycles. The number of rotatable bonds is 10. The van der Waals surface area contributed by atoms with Crippen LogP contribution < -0.4 is 4.18 Å². The van der Waals surface area contributed by atoms with Crippen molar-refractivity contribution in [2.24, 2.45) is 11.3 Å². The highest BCUT2D eigenvalue weighted by atomic mass is 32.2. The number of benzene rings is 1. The molecule has 0 aliphatic carbocycles. The lowest BCUT2D eigenvalue weighted by Crippen LogP contribution is -2.38. The van der Waals surface area contributed by atoms with Crippen LogP contribution in [0.15, 0.2) is 24.3 Å². The van der Waals surface area contributed by atoms with E-state index in [4.69, 9.17) is 4.18 Å². The fourth-order valence-electron chi connectivity index (χ4n) is 3.34. The zero-order chi connectivity index (χ0) is 21.5. The Bertz CT molecular complexity index is 737. The van der Waals surface area contributed by atoms with Crippen LogP contribution in [0.1, 0.15) is 73.3 Å². The smallest absolute Gasteiger partial charge is 0.308 e. The molecule has 0 saturated heterocycles. The number of carbonyl (C=O) groups is 1. The molecule has 0 aliphatic rings. The lowest BCUT2D eigenvalue weighted by Gasteiger charge is -2.31. The molecule has 0 bridgehead atoms. The average Bonchev–Trinajstić information content (AvgIpc) is 2.57. The summed E-state index contributed by atoms with van der Waals surface area (Å²) in [6.45, 7) is 14.8. The molecule has 0 fully saturated rings. The van der Waals surface area contributed by atoms with Gasteiger partial charge in [0.2, 0.25) is 5.91 Å². The van der Waals surface area contributed by atoms with Gasteiger partial charge < -0.3 is 9.08 Å². The molecule has 2 unspecified atom stereocenters. The summed E-state index contributed by atoms with van der Waals surface area (Å²) in [4.78, 5) is 14.9. The van der Waals surface area contributed by atoms with Gasteiger partial charge in [0.15, 0.2) is 0 Å². The molecule has 0 N–H and O–H groups in total. The SMILES string of the molecule is CCC(C)N(Cc1cccc(OS(=O)(=O)CC)c1)C(=O)CC(C)CC(C)(C)C. The molecule has 1 aromatic rings. The van der Waals surface area contributed by atoms with Gasteiger partial charge in [0.1, 0.15) is 5.75 Å². The van der Waals surface area contributed by atoms with Gasteiger partial charge in [-0.2, -0.15) is 8.42 Å². The van der Waals surface area contributed by atoms with E-state index in [0.717, 1.165) is 18.4 Å². The third kappa shape index (κ3) is 8.63. The van der Waals surface area contributed by atoms with Crippen LogP contribution in [0.4, 0.5) is 0 Å². The molecule has 5 nitrogen and oxygen atoms in total. The molecule has 2 atom stereocenters. The topological polar surface area (TPSA) is 63.7 Å². The highest BCUT2D eigenvalue weighted by Gasteiger charge is 2.24. The van der Waals surface area contributed by atoms with E-state index >= 15 is 0 Å². The van der Waals surface area contributed by atoms with Gasteiger partial charge in [0.25, 0.3) is 0 Å². The molecule has 1 amide bonds. The maximum Gasteiger partial charge on any atom is 0.308 e. The quantitative estimate of drug-likeness (QED) is 0.508. The van der Waals surface area contributed by atoms with Crippen molar-refractivity contribution < 1.29 is 17.4 Å². The van der Waals surface area contributed by atoms with Crippen molar-refractivity contribution >= 4 is 16.0 Å². The van der Waals surface area contributed by atoms with Crippen LogP contribution >= 0.6 is 0 Å². The van der Waals surface area contributed by atoms with Crippen molar-refractivity contribution in [3.8, 4) is 5.75 Å². The van der Waals surface area contributed by atoms with E-state index in [-0.39, 0.29) is 28.9 Å². The van der Waals surface area contributed by atoms with Gasteiger partial charge in [-0.1, -0.05) is 46.8 Å². The second-order valence-corrected chi connectivity index (χ2v) is 10.8. The van der Waals surface area contributed by atoms with Gasteiger partial charge in [-0.15, -0.1) is 0 Å². The Morgan fingerprint density at radius 2 is 1.82 bits per heavy atom. The Labute approximate surface area is 171 Å². The zero-order valence-electron chi connectivity index (χ0n) is 18.5. The molecule has 0 heterocycles. The summed E-state index contributed by atoms with van der Waals surface area (Å²) >= 11 is 0. The Kier molecular flexibility index (Phi) is 8.99. The van der Waals surface area contributed by atoms with Gasteiger partial charge in [-0.25, -0.2) is 0 Å².